The van der Waals surface area contributed by atoms with Gasteiger partial charge in [-0.05, 0) is 40.5 Å². The van der Waals surface area contributed by atoms with Gasteiger partial charge < -0.3 is 4.74 Å². The molecule has 1 aromatic heterocycles. The molecule has 6 heteroatoms. The van der Waals surface area contributed by atoms with Crippen LogP contribution in [0, 0.1) is 0 Å². The second kappa shape index (κ2) is 6.75. The number of nitrogens with zero attached hydrogens (tertiary/aromatic N) is 2. The van der Waals surface area contributed by atoms with Gasteiger partial charge in [0.1, 0.15) is 5.75 Å². The maximum Gasteiger partial charge on any atom is 0.172 e. The zero-order valence-corrected chi connectivity index (χ0v) is 15.3. The Morgan fingerprint density at radius 1 is 1.38 bits per heavy atom. The molecule has 0 N–H and O–H groups in total. The minimum absolute atomic E-state index is 0.00528. The van der Waals surface area contributed by atoms with Gasteiger partial charge in [0.25, 0.3) is 0 Å². The Morgan fingerprint density at radius 3 is 2.67 bits per heavy atom. The summed E-state index contributed by atoms with van der Waals surface area (Å²) in [6, 6.07) is 5.41. The molecule has 0 radical (unpaired) electrons. The van der Waals surface area contributed by atoms with Gasteiger partial charge in [0.15, 0.2) is 5.78 Å². The molecule has 112 valence electrons. The van der Waals surface area contributed by atoms with Crippen molar-refractivity contribution >= 4 is 37.6 Å². The predicted octanol–water partition coefficient (Wildman–Crippen LogP) is 3.94. The summed E-state index contributed by atoms with van der Waals surface area (Å²) in [4.78, 5) is 12.5. The highest BCUT2D eigenvalue weighted by molar-refractivity contribution is 9.10. The Morgan fingerprint density at radius 2 is 2.10 bits per heavy atom. The first-order valence-corrected chi connectivity index (χ1v) is 8.13. The lowest BCUT2D eigenvalue weighted by Gasteiger charge is -2.08. The molecule has 0 bridgehead atoms. The van der Waals surface area contributed by atoms with Gasteiger partial charge in [0.05, 0.1) is 35.0 Å². The first-order chi connectivity index (χ1) is 9.97. The topological polar surface area (TPSA) is 44.1 Å². The number of rotatable bonds is 5. The molecule has 21 heavy (non-hydrogen) atoms. The lowest BCUT2D eigenvalue weighted by molar-refractivity contribution is 0.0987. The quantitative estimate of drug-likeness (QED) is 0.694. The number of carbonyl (C=O) groups excluding carboxylic acids is 1. The van der Waals surface area contributed by atoms with Crippen molar-refractivity contribution in [2.75, 3.05) is 7.11 Å². The van der Waals surface area contributed by atoms with Crippen LogP contribution >= 0.6 is 31.9 Å². The monoisotopic (exact) mass is 414 g/mol. The van der Waals surface area contributed by atoms with Crippen molar-refractivity contribution < 1.29 is 9.53 Å². The number of aryl methyl sites for hydroxylation is 2. The third-order valence-electron chi connectivity index (χ3n) is 3.29. The number of methoxy groups -OCH3 is 1. The minimum atomic E-state index is 0.00528. The molecule has 2 aromatic rings. The molecule has 4 nitrogen and oxygen atoms in total. The maximum atomic E-state index is 12.5. The number of ketones is 1. The summed E-state index contributed by atoms with van der Waals surface area (Å²) in [6.45, 7) is 2.04. The molecule has 0 fully saturated rings. The van der Waals surface area contributed by atoms with Crippen LogP contribution in [0.25, 0.3) is 0 Å². The number of ether oxygens (including phenoxy) is 1. The Labute approximate surface area is 140 Å². The third-order valence-corrected chi connectivity index (χ3v) is 4.70. The standard InChI is InChI=1S/C15H16Br2N2O2/c1-4-11-15(17)12(19(2)18-11)8-13(20)10-6-5-9(16)7-14(10)21-3/h5-7H,4,8H2,1-3H3. The van der Waals surface area contributed by atoms with Crippen molar-refractivity contribution in [3.63, 3.8) is 0 Å². The molecule has 2 rings (SSSR count). The first kappa shape index (κ1) is 16.2. The van der Waals surface area contributed by atoms with Crippen LogP contribution in [0.3, 0.4) is 0 Å². The van der Waals surface area contributed by atoms with Crippen molar-refractivity contribution in [3.8, 4) is 5.75 Å². The van der Waals surface area contributed by atoms with E-state index in [4.69, 9.17) is 4.74 Å². The van der Waals surface area contributed by atoms with Crippen molar-refractivity contribution in [3.05, 3.63) is 44.1 Å². The molecule has 0 unspecified atom stereocenters. The SMILES string of the molecule is CCc1nn(C)c(CC(=O)c2ccc(Br)cc2OC)c1Br. The molecule has 0 aliphatic carbocycles. The van der Waals surface area contributed by atoms with E-state index >= 15 is 0 Å². The molecule has 0 amide bonds. The molecular weight excluding hydrogens is 400 g/mol. The van der Waals surface area contributed by atoms with E-state index in [0.717, 1.165) is 26.8 Å². The van der Waals surface area contributed by atoms with Crippen LogP contribution in [0.4, 0.5) is 0 Å². The second-order valence-corrected chi connectivity index (χ2v) is 6.34. The van der Waals surface area contributed by atoms with E-state index in [0.29, 0.717) is 11.3 Å². The van der Waals surface area contributed by atoms with E-state index in [9.17, 15) is 4.79 Å². The lowest BCUT2D eigenvalue weighted by Crippen LogP contribution is -2.09. The Kier molecular flexibility index (Phi) is 5.22. The Balaban J connectivity index is 2.32. The maximum absolute atomic E-state index is 12.5. The van der Waals surface area contributed by atoms with Gasteiger partial charge in [-0.3, -0.25) is 9.48 Å². The largest absolute Gasteiger partial charge is 0.496 e. The van der Waals surface area contributed by atoms with Gasteiger partial charge in [-0.1, -0.05) is 22.9 Å². The fourth-order valence-electron chi connectivity index (χ4n) is 2.15. The highest BCUT2D eigenvalue weighted by Crippen LogP contribution is 2.27. The van der Waals surface area contributed by atoms with Crippen molar-refractivity contribution in [2.45, 2.75) is 19.8 Å². The van der Waals surface area contributed by atoms with Gasteiger partial charge in [-0.2, -0.15) is 5.10 Å². The number of hydrogen-bond donors (Lipinski definition) is 0. The van der Waals surface area contributed by atoms with E-state index in [1.54, 1.807) is 23.9 Å². The first-order valence-electron chi connectivity index (χ1n) is 6.54. The highest BCUT2D eigenvalue weighted by atomic mass is 79.9. The number of hydrogen-bond acceptors (Lipinski definition) is 3. The molecular formula is C15H16Br2N2O2. The number of carbonyl (C=O) groups is 1. The lowest BCUT2D eigenvalue weighted by atomic mass is 10.1. The average molecular weight is 416 g/mol. The van der Waals surface area contributed by atoms with Gasteiger partial charge in [-0.25, -0.2) is 0 Å². The van der Waals surface area contributed by atoms with Gasteiger partial charge >= 0.3 is 0 Å². The Hall–Kier alpha value is -1.14. The zero-order chi connectivity index (χ0) is 15.6. The van der Waals surface area contributed by atoms with Crippen molar-refractivity contribution in [2.24, 2.45) is 7.05 Å². The van der Waals surface area contributed by atoms with Crippen LogP contribution in [-0.2, 0) is 19.9 Å². The predicted molar refractivity (Wildman–Crippen MR) is 89.0 cm³/mol. The third kappa shape index (κ3) is 3.37. The van der Waals surface area contributed by atoms with Gasteiger partial charge in [0.2, 0.25) is 0 Å². The number of benzene rings is 1. The van der Waals surface area contributed by atoms with Crippen LogP contribution < -0.4 is 4.74 Å². The van der Waals surface area contributed by atoms with Gasteiger partial charge in [0, 0.05) is 11.5 Å². The van der Waals surface area contributed by atoms with Crippen LogP contribution in [-0.4, -0.2) is 22.7 Å². The van der Waals surface area contributed by atoms with E-state index in [1.807, 2.05) is 20.0 Å². The molecule has 0 aliphatic rings. The molecule has 0 aliphatic heterocycles. The average Bonchev–Trinajstić information content (AvgIpc) is 2.74. The molecule has 0 saturated carbocycles. The number of Topliss-reactive ketones (excluding diaryl/α,β-unsaturated/α-hetero) is 1. The summed E-state index contributed by atoms with van der Waals surface area (Å²) < 4.78 is 8.84. The van der Waals surface area contributed by atoms with Crippen LogP contribution in [0.5, 0.6) is 5.75 Å². The van der Waals surface area contributed by atoms with Crippen molar-refractivity contribution in [1.29, 1.82) is 0 Å². The summed E-state index contributed by atoms with van der Waals surface area (Å²) in [5.41, 5.74) is 2.41. The summed E-state index contributed by atoms with van der Waals surface area (Å²) in [5.74, 6) is 0.578. The fraction of sp³-hybridized carbons (Fsp3) is 0.333. The summed E-state index contributed by atoms with van der Waals surface area (Å²) in [7, 11) is 3.42. The van der Waals surface area contributed by atoms with Crippen molar-refractivity contribution in [1.82, 2.24) is 9.78 Å². The molecule has 0 spiro atoms. The van der Waals surface area contributed by atoms with Crippen LogP contribution in [0.2, 0.25) is 0 Å². The smallest absolute Gasteiger partial charge is 0.172 e. The second-order valence-electron chi connectivity index (χ2n) is 4.63. The summed E-state index contributed by atoms with van der Waals surface area (Å²) in [6.07, 6.45) is 1.10. The van der Waals surface area contributed by atoms with E-state index in [-0.39, 0.29) is 12.2 Å². The van der Waals surface area contributed by atoms with Crippen LogP contribution in [0.15, 0.2) is 27.1 Å². The molecule has 1 heterocycles. The van der Waals surface area contributed by atoms with E-state index in [1.165, 1.54) is 0 Å². The normalized spacial score (nSPS) is 10.7. The minimum Gasteiger partial charge on any atom is -0.496 e. The van der Waals surface area contributed by atoms with E-state index in [2.05, 4.69) is 37.0 Å². The fourth-order valence-corrected chi connectivity index (χ4v) is 3.25. The summed E-state index contributed by atoms with van der Waals surface area (Å²) in [5, 5.41) is 4.41. The summed E-state index contributed by atoms with van der Waals surface area (Å²) >= 11 is 6.91. The molecule has 0 atom stereocenters. The number of halogens is 2. The molecule has 1 aromatic carbocycles. The molecule has 0 saturated heterocycles. The van der Waals surface area contributed by atoms with Gasteiger partial charge in [-0.15, -0.1) is 0 Å². The number of aromatic nitrogens is 2. The van der Waals surface area contributed by atoms with Crippen LogP contribution in [0.1, 0.15) is 28.7 Å². The zero-order valence-electron chi connectivity index (χ0n) is 12.1. The Bertz CT molecular complexity index is 681. The van der Waals surface area contributed by atoms with E-state index < -0.39 is 0 Å². The highest BCUT2D eigenvalue weighted by Gasteiger charge is 2.19.